The minimum atomic E-state index is -3.67. The Morgan fingerprint density at radius 3 is 2.58 bits per heavy atom. The third-order valence-corrected chi connectivity index (χ3v) is 6.18. The molecule has 0 radical (unpaired) electrons. The molecule has 0 saturated heterocycles. The molecule has 2 heterocycles. The molecule has 24 heavy (non-hydrogen) atoms. The van der Waals surface area contributed by atoms with Crippen LogP contribution in [-0.4, -0.2) is 25.7 Å². The van der Waals surface area contributed by atoms with Crippen molar-refractivity contribution in [3.63, 3.8) is 0 Å². The summed E-state index contributed by atoms with van der Waals surface area (Å²) in [7, 11) is -2.16. The number of rotatable bonds is 5. The van der Waals surface area contributed by atoms with Gasteiger partial charge in [-0.3, -0.25) is 4.72 Å². The van der Waals surface area contributed by atoms with Gasteiger partial charge in [-0.25, -0.2) is 8.42 Å². The Morgan fingerprint density at radius 2 is 1.96 bits per heavy atom. The van der Waals surface area contributed by atoms with Gasteiger partial charge in [-0.05, 0) is 30.3 Å². The van der Waals surface area contributed by atoms with Gasteiger partial charge in [0.05, 0.1) is 17.1 Å². The van der Waals surface area contributed by atoms with Crippen LogP contribution < -0.4 is 9.46 Å². The van der Waals surface area contributed by atoms with Gasteiger partial charge in [-0.15, -0.1) is 21.5 Å². The molecule has 6 nitrogen and oxygen atoms in total. The van der Waals surface area contributed by atoms with Gasteiger partial charge in [0.25, 0.3) is 10.0 Å². The first-order valence-corrected chi connectivity index (χ1v) is 9.42. The lowest BCUT2D eigenvalue weighted by Gasteiger charge is -2.08. The second-order valence-electron chi connectivity index (χ2n) is 4.71. The first kappa shape index (κ1) is 16.7. The van der Waals surface area contributed by atoms with Crippen molar-refractivity contribution in [1.82, 2.24) is 10.2 Å². The highest BCUT2D eigenvalue weighted by molar-refractivity contribution is 7.94. The summed E-state index contributed by atoms with van der Waals surface area (Å²) in [5, 5.41) is 7.96. The third-order valence-electron chi connectivity index (χ3n) is 3.07. The first-order valence-electron chi connectivity index (χ1n) is 6.74. The molecular weight excluding hydrogens is 370 g/mol. The summed E-state index contributed by atoms with van der Waals surface area (Å²) in [5.74, 6) is 0.408. The Bertz CT molecular complexity index is 956. The van der Waals surface area contributed by atoms with E-state index in [1.807, 2.05) is 6.07 Å². The van der Waals surface area contributed by atoms with Crippen molar-refractivity contribution in [2.45, 2.75) is 4.21 Å². The summed E-state index contributed by atoms with van der Waals surface area (Å²) in [6.45, 7) is 0. The van der Waals surface area contributed by atoms with Gasteiger partial charge in [0, 0.05) is 17.3 Å². The fraction of sp³-hybridized carbons (Fsp3) is 0.0667. The fourth-order valence-electron chi connectivity index (χ4n) is 1.97. The van der Waals surface area contributed by atoms with Crippen LogP contribution in [0, 0.1) is 0 Å². The molecule has 0 spiro atoms. The number of anilines is 1. The Morgan fingerprint density at radius 1 is 1.12 bits per heavy atom. The lowest BCUT2D eigenvalue weighted by Crippen LogP contribution is -2.11. The van der Waals surface area contributed by atoms with Crippen LogP contribution in [0.1, 0.15) is 0 Å². The third kappa shape index (κ3) is 3.66. The van der Waals surface area contributed by atoms with Crippen molar-refractivity contribution >= 4 is 38.6 Å². The molecule has 3 rings (SSSR count). The van der Waals surface area contributed by atoms with Crippen molar-refractivity contribution in [2.75, 3.05) is 11.8 Å². The average molecular weight is 382 g/mol. The molecule has 0 bridgehead atoms. The zero-order chi connectivity index (χ0) is 17.2. The molecule has 0 fully saturated rings. The Labute approximate surface area is 148 Å². The number of ether oxygens (including phenoxy) is 1. The molecule has 3 aromatic rings. The number of aromatic nitrogens is 2. The Balaban J connectivity index is 1.87. The van der Waals surface area contributed by atoms with Gasteiger partial charge >= 0.3 is 0 Å². The highest BCUT2D eigenvalue weighted by Crippen LogP contribution is 2.28. The smallest absolute Gasteiger partial charge is 0.271 e. The van der Waals surface area contributed by atoms with Crippen molar-refractivity contribution in [1.29, 1.82) is 0 Å². The van der Waals surface area contributed by atoms with E-state index in [1.54, 1.807) is 36.4 Å². The second-order valence-corrected chi connectivity index (χ2v) is 8.33. The van der Waals surface area contributed by atoms with Gasteiger partial charge in [-0.2, -0.15) is 0 Å². The Hall–Kier alpha value is -2.16. The predicted molar refractivity (Wildman–Crippen MR) is 94.2 cm³/mol. The molecule has 0 aliphatic carbocycles. The summed E-state index contributed by atoms with van der Waals surface area (Å²) >= 11 is 6.80. The number of nitrogens with one attached hydrogen (secondary N) is 1. The van der Waals surface area contributed by atoms with Crippen LogP contribution in [0.5, 0.6) is 5.88 Å². The number of benzene rings is 1. The first-order chi connectivity index (χ1) is 11.5. The Kier molecular flexibility index (Phi) is 4.70. The molecule has 0 aliphatic rings. The normalized spacial score (nSPS) is 11.2. The van der Waals surface area contributed by atoms with E-state index in [0.29, 0.717) is 21.6 Å². The van der Waals surface area contributed by atoms with Gasteiger partial charge in [0.2, 0.25) is 5.88 Å². The van der Waals surface area contributed by atoms with E-state index in [4.69, 9.17) is 16.3 Å². The van der Waals surface area contributed by atoms with E-state index in [2.05, 4.69) is 14.9 Å². The maximum atomic E-state index is 12.3. The van der Waals surface area contributed by atoms with E-state index >= 15 is 0 Å². The fourth-order valence-corrected chi connectivity index (χ4v) is 4.50. The standard InChI is InChI=1S/C15H12ClN3O3S2/c1-22-14-7-5-12(17-18-14)10-3-2-4-11(9-10)19-24(20,21)15-8-6-13(16)23-15/h2-9,19H,1H3. The van der Waals surface area contributed by atoms with Gasteiger partial charge < -0.3 is 4.74 Å². The predicted octanol–water partition coefficient (Wildman–Crippen LogP) is 3.67. The molecule has 124 valence electrons. The molecule has 9 heteroatoms. The maximum absolute atomic E-state index is 12.3. The molecule has 0 amide bonds. The number of sulfonamides is 1. The lowest BCUT2D eigenvalue weighted by atomic mass is 10.1. The molecule has 0 saturated carbocycles. The van der Waals surface area contributed by atoms with E-state index in [0.717, 1.165) is 16.9 Å². The summed E-state index contributed by atoms with van der Waals surface area (Å²) in [5.41, 5.74) is 1.76. The van der Waals surface area contributed by atoms with Gasteiger partial charge in [0.15, 0.2) is 0 Å². The van der Waals surface area contributed by atoms with Crippen LogP contribution in [-0.2, 0) is 10.0 Å². The molecule has 0 unspecified atom stereocenters. The van der Waals surface area contributed by atoms with Crippen molar-refractivity contribution in [3.05, 3.63) is 52.9 Å². The van der Waals surface area contributed by atoms with Crippen LogP contribution in [0.2, 0.25) is 4.34 Å². The van der Waals surface area contributed by atoms with Gasteiger partial charge in [-0.1, -0.05) is 23.7 Å². The lowest BCUT2D eigenvalue weighted by molar-refractivity contribution is 0.392. The maximum Gasteiger partial charge on any atom is 0.271 e. The number of hydrogen-bond acceptors (Lipinski definition) is 6. The molecule has 1 aromatic carbocycles. The quantitative estimate of drug-likeness (QED) is 0.729. The number of hydrogen-bond donors (Lipinski definition) is 1. The minimum Gasteiger partial charge on any atom is -0.480 e. The molecule has 1 N–H and O–H groups in total. The largest absolute Gasteiger partial charge is 0.480 e. The SMILES string of the molecule is COc1ccc(-c2cccc(NS(=O)(=O)c3ccc(Cl)s3)c2)nn1. The van der Waals surface area contributed by atoms with E-state index < -0.39 is 10.0 Å². The highest BCUT2D eigenvalue weighted by atomic mass is 35.5. The van der Waals surface area contributed by atoms with Crippen molar-refractivity contribution < 1.29 is 13.2 Å². The van der Waals surface area contributed by atoms with Crippen LogP contribution in [0.15, 0.2) is 52.7 Å². The van der Waals surface area contributed by atoms with E-state index in [9.17, 15) is 8.42 Å². The molecule has 0 aliphatic heterocycles. The molecule has 0 atom stereocenters. The van der Waals surface area contributed by atoms with E-state index in [-0.39, 0.29) is 4.21 Å². The van der Waals surface area contributed by atoms with Crippen LogP contribution in [0.25, 0.3) is 11.3 Å². The highest BCUT2D eigenvalue weighted by Gasteiger charge is 2.17. The summed E-state index contributed by atoms with van der Waals surface area (Å²) in [6, 6.07) is 13.3. The molecule has 2 aromatic heterocycles. The van der Waals surface area contributed by atoms with Crippen LogP contribution in [0.3, 0.4) is 0 Å². The zero-order valence-corrected chi connectivity index (χ0v) is 14.8. The number of halogens is 1. The average Bonchev–Trinajstić information content (AvgIpc) is 3.02. The van der Waals surface area contributed by atoms with Crippen LogP contribution >= 0.6 is 22.9 Å². The monoisotopic (exact) mass is 381 g/mol. The zero-order valence-electron chi connectivity index (χ0n) is 12.4. The van der Waals surface area contributed by atoms with Crippen molar-refractivity contribution in [2.24, 2.45) is 0 Å². The van der Waals surface area contributed by atoms with Gasteiger partial charge in [0.1, 0.15) is 4.21 Å². The number of nitrogens with zero attached hydrogens (tertiary/aromatic N) is 2. The summed E-state index contributed by atoms with van der Waals surface area (Å²) < 4.78 is 32.8. The van der Waals surface area contributed by atoms with E-state index in [1.165, 1.54) is 13.2 Å². The molecular formula is C15H12ClN3O3S2. The van der Waals surface area contributed by atoms with Crippen molar-refractivity contribution in [3.8, 4) is 17.1 Å². The number of methoxy groups -OCH3 is 1. The van der Waals surface area contributed by atoms with Crippen LogP contribution in [0.4, 0.5) is 5.69 Å². The minimum absolute atomic E-state index is 0.155. The summed E-state index contributed by atoms with van der Waals surface area (Å²) in [6.07, 6.45) is 0. The topological polar surface area (TPSA) is 81.2 Å². The second kappa shape index (κ2) is 6.76. The number of thiophene rings is 1. The summed E-state index contributed by atoms with van der Waals surface area (Å²) in [4.78, 5) is 0.